The van der Waals surface area contributed by atoms with Crippen LogP contribution in [0, 0.1) is 26.2 Å². The Kier molecular flexibility index (Phi) is 4.71. The van der Waals surface area contributed by atoms with Gasteiger partial charge in [-0.05, 0) is 32.4 Å². The van der Waals surface area contributed by atoms with Gasteiger partial charge >= 0.3 is 0 Å². The number of amides is 1. The van der Waals surface area contributed by atoms with E-state index in [2.05, 4.69) is 16.2 Å². The summed E-state index contributed by atoms with van der Waals surface area (Å²) in [6.07, 6.45) is 7.10. The zero-order chi connectivity index (χ0) is 12.8. The second-order valence-corrected chi connectivity index (χ2v) is 4.07. The minimum Gasteiger partial charge on any atom is -0.338 e. The Hall–Kier alpha value is -1.82. The Morgan fingerprint density at radius 2 is 2.24 bits per heavy atom. The lowest BCUT2D eigenvalue weighted by molar-refractivity contribution is 0.0943. The van der Waals surface area contributed by atoms with E-state index in [-0.39, 0.29) is 11.9 Å². The van der Waals surface area contributed by atoms with Gasteiger partial charge in [-0.15, -0.1) is 6.42 Å². The molecule has 1 unspecified atom stereocenters. The average Bonchev–Trinajstić information content (AvgIpc) is 2.28. The first-order valence-electron chi connectivity index (χ1n) is 5.79. The predicted molar refractivity (Wildman–Crippen MR) is 68.7 cm³/mol. The maximum Gasteiger partial charge on any atom is 0.254 e. The SMILES string of the molecule is C#CC(CCC)NC(=O)c1ccc(C)nc1C. The molecule has 0 radical (unpaired) electrons. The van der Waals surface area contributed by atoms with Gasteiger partial charge in [0.25, 0.3) is 5.91 Å². The van der Waals surface area contributed by atoms with Crippen LogP contribution < -0.4 is 5.32 Å². The van der Waals surface area contributed by atoms with Gasteiger partial charge in [0.1, 0.15) is 0 Å². The molecule has 90 valence electrons. The smallest absolute Gasteiger partial charge is 0.254 e. The highest BCUT2D eigenvalue weighted by molar-refractivity contribution is 5.95. The maximum absolute atomic E-state index is 12.0. The molecule has 3 nitrogen and oxygen atoms in total. The number of aromatic nitrogens is 1. The summed E-state index contributed by atoms with van der Waals surface area (Å²) in [6.45, 7) is 5.76. The molecule has 0 aromatic carbocycles. The van der Waals surface area contributed by atoms with Crippen LogP contribution in [0.3, 0.4) is 0 Å². The van der Waals surface area contributed by atoms with Crippen LogP contribution in [-0.2, 0) is 0 Å². The van der Waals surface area contributed by atoms with Crippen molar-refractivity contribution in [2.45, 2.75) is 39.7 Å². The molecule has 0 saturated heterocycles. The van der Waals surface area contributed by atoms with Crippen molar-refractivity contribution in [3.05, 3.63) is 29.1 Å². The van der Waals surface area contributed by atoms with Crippen LogP contribution in [0.5, 0.6) is 0 Å². The van der Waals surface area contributed by atoms with E-state index in [1.54, 1.807) is 6.07 Å². The molecule has 0 bridgehead atoms. The normalized spacial score (nSPS) is 11.6. The summed E-state index contributed by atoms with van der Waals surface area (Å²) in [5.41, 5.74) is 2.22. The van der Waals surface area contributed by atoms with Crippen molar-refractivity contribution in [1.82, 2.24) is 10.3 Å². The number of nitrogens with one attached hydrogen (secondary N) is 1. The number of carbonyl (C=O) groups excluding carboxylic acids is 1. The van der Waals surface area contributed by atoms with E-state index < -0.39 is 0 Å². The van der Waals surface area contributed by atoms with E-state index in [0.717, 1.165) is 24.2 Å². The highest BCUT2D eigenvalue weighted by Gasteiger charge is 2.13. The van der Waals surface area contributed by atoms with E-state index in [0.29, 0.717) is 5.56 Å². The molecule has 0 aliphatic rings. The van der Waals surface area contributed by atoms with Crippen LogP contribution in [0.4, 0.5) is 0 Å². The number of aryl methyl sites for hydroxylation is 2. The lowest BCUT2D eigenvalue weighted by atomic mass is 10.1. The third kappa shape index (κ3) is 3.60. The van der Waals surface area contributed by atoms with E-state index >= 15 is 0 Å². The predicted octanol–water partition coefficient (Wildman–Crippen LogP) is 2.23. The lowest BCUT2D eigenvalue weighted by Crippen LogP contribution is -2.34. The molecule has 1 atom stereocenters. The van der Waals surface area contributed by atoms with Crippen molar-refractivity contribution in [1.29, 1.82) is 0 Å². The fourth-order valence-electron chi connectivity index (χ4n) is 1.65. The Morgan fingerprint density at radius 3 is 2.76 bits per heavy atom. The van der Waals surface area contributed by atoms with E-state index in [9.17, 15) is 4.79 Å². The van der Waals surface area contributed by atoms with Crippen molar-refractivity contribution in [3.8, 4) is 12.3 Å². The molecule has 0 saturated carbocycles. The molecule has 17 heavy (non-hydrogen) atoms. The van der Waals surface area contributed by atoms with Gasteiger partial charge in [0, 0.05) is 5.69 Å². The highest BCUT2D eigenvalue weighted by Crippen LogP contribution is 2.07. The molecule has 1 aromatic heterocycles. The summed E-state index contributed by atoms with van der Waals surface area (Å²) in [7, 11) is 0. The largest absolute Gasteiger partial charge is 0.338 e. The summed E-state index contributed by atoms with van der Waals surface area (Å²) in [5.74, 6) is 2.44. The van der Waals surface area contributed by atoms with Gasteiger partial charge in [0.15, 0.2) is 0 Å². The lowest BCUT2D eigenvalue weighted by Gasteiger charge is -2.13. The molecule has 0 aliphatic heterocycles. The second-order valence-electron chi connectivity index (χ2n) is 4.07. The van der Waals surface area contributed by atoms with Gasteiger partial charge in [-0.3, -0.25) is 9.78 Å². The molecular weight excluding hydrogens is 212 g/mol. The van der Waals surface area contributed by atoms with Crippen molar-refractivity contribution < 1.29 is 4.79 Å². The number of hydrogen-bond acceptors (Lipinski definition) is 2. The van der Waals surface area contributed by atoms with Crippen molar-refractivity contribution in [3.63, 3.8) is 0 Å². The summed E-state index contributed by atoms with van der Waals surface area (Å²) in [6, 6.07) is 3.41. The van der Waals surface area contributed by atoms with Crippen LogP contribution in [0.15, 0.2) is 12.1 Å². The van der Waals surface area contributed by atoms with Gasteiger partial charge in [-0.25, -0.2) is 0 Å². The topological polar surface area (TPSA) is 42.0 Å². The summed E-state index contributed by atoms with van der Waals surface area (Å²) >= 11 is 0. The molecule has 3 heteroatoms. The number of nitrogens with zero attached hydrogens (tertiary/aromatic N) is 1. The van der Waals surface area contributed by atoms with Crippen LogP contribution in [0.25, 0.3) is 0 Å². The van der Waals surface area contributed by atoms with E-state index in [1.165, 1.54) is 0 Å². The summed E-state index contributed by atoms with van der Waals surface area (Å²) in [4.78, 5) is 16.2. The average molecular weight is 230 g/mol. The fraction of sp³-hybridized carbons (Fsp3) is 0.429. The first-order valence-corrected chi connectivity index (χ1v) is 5.79. The molecule has 0 spiro atoms. The van der Waals surface area contributed by atoms with Gasteiger partial charge in [0.05, 0.1) is 17.3 Å². The molecule has 1 heterocycles. The minimum absolute atomic E-state index is 0.147. The maximum atomic E-state index is 12.0. The van der Waals surface area contributed by atoms with E-state index in [1.807, 2.05) is 26.8 Å². The Morgan fingerprint density at radius 1 is 1.53 bits per heavy atom. The third-order valence-corrected chi connectivity index (χ3v) is 2.55. The van der Waals surface area contributed by atoms with Gasteiger partial charge < -0.3 is 5.32 Å². The fourth-order valence-corrected chi connectivity index (χ4v) is 1.65. The minimum atomic E-state index is -0.201. The molecule has 1 amide bonds. The zero-order valence-electron chi connectivity index (χ0n) is 10.6. The first-order chi connectivity index (χ1) is 8.08. The quantitative estimate of drug-likeness (QED) is 0.806. The zero-order valence-corrected chi connectivity index (χ0v) is 10.6. The van der Waals surface area contributed by atoms with Crippen molar-refractivity contribution >= 4 is 5.91 Å². The van der Waals surface area contributed by atoms with Crippen LogP contribution in [-0.4, -0.2) is 16.9 Å². The molecule has 1 N–H and O–H groups in total. The number of carbonyl (C=O) groups is 1. The number of hydrogen-bond donors (Lipinski definition) is 1. The monoisotopic (exact) mass is 230 g/mol. The van der Waals surface area contributed by atoms with Crippen LogP contribution in [0.1, 0.15) is 41.5 Å². The highest BCUT2D eigenvalue weighted by atomic mass is 16.1. The molecular formula is C14H18N2O. The molecule has 0 aliphatic carbocycles. The standard InChI is InChI=1S/C14H18N2O/c1-5-7-12(6-2)16-14(17)13-9-8-10(3)15-11(13)4/h2,8-9,12H,5,7H2,1,3-4H3,(H,16,17). The molecule has 0 fully saturated rings. The Labute approximate surface area is 103 Å². The Balaban J connectivity index is 2.79. The van der Waals surface area contributed by atoms with Crippen LogP contribution >= 0.6 is 0 Å². The van der Waals surface area contributed by atoms with Gasteiger partial charge in [0.2, 0.25) is 0 Å². The van der Waals surface area contributed by atoms with Crippen molar-refractivity contribution in [2.75, 3.05) is 0 Å². The Bertz CT molecular complexity index is 446. The van der Waals surface area contributed by atoms with Crippen molar-refractivity contribution in [2.24, 2.45) is 0 Å². The van der Waals surface area contributed by atoms with Crippen LogP contribution in [0.2, 0.25) is 0 Å². The van der Waals surface area contributed by atoms with Gasteiger partial charge in [-0.1, -0.05) is 19.3 Å². The number of rotatable bonds is 4. The summed E-state index contributed by atoms with van der Waals surface area (Å²) in [5, 5.41) is 2.83. The van der Waals surface area contributed by atoms with Gasteiger partial charge in [-0.2, -0.15) is 0 Å². The molecule has 1 aromatic rings. The summed E-state index contributed by atoms with van der Waals surface area (Å²) < 4.78 is 0. The third-order valence-electron chi connectivity index (χ3n) is 2.55. The number of terminal acetylenes is 1. The molecule has 1 rings (SSSR count). The first kappa shape index (κ1) is 13.2. The second kappa shape index (κ2) is 6.05. The number of pyridine rings is 1. The van der Waals surface area contributed by atoms with E-state index in [4.69, 9.17) is 6.42 Å².